The maximum absolute atomic E-state index is 5.88. The van der Waals surface area contributed by atoms with E-state index in [1.54, 1.807) is 0 Å². The highest BCUT2D eigenvalue weighted by Gasteiger charge is 2.16. The Hall–Kier alpha value is -0.0800. The van der Waals surface area contributed by atoms with Gasteiger partial charge in [0.2, 0.25) is 0 Å². The Morgan fingerprint density at radius 2 is 1.88 bits per heavy atom. The molecule has 3 N–H and O–H groups in total. The van der Waals surface area contributed by atoms with Gasteiger partial charge in [-0.3, -0.25) is 0 Å². The molecule has 2 nitrogen and oxygen atoms in total. The first-order valence-corrected chi connectivity index (χ1v) is 6.98. The normalized spacial score (nSPS) is 14.1. The minimum atomic E-state index is 0.371. The van der Waals surface area contributed by atoms with Crippen LogP contribution in [-0.2, 0) is 0 Å². The molecular weight excluding hydrogens is 196 g/mol. The Morgan fingerprint density at radius 3 is 2.44 bits per heavy atom. The SMILES string of the molecule is CCCCCC(C)(C)CNCCC(N)CC. The molecule has 0 aromatic rings. The molecule has 0 heterocycles. The highest BCUT2D eigenvalue weighted by atomic mass is 14.9. The molecule has 0 amide bonds. The highest BCUT2D eigenvalue weighted by Crippen LogP contribution is 2.22. The van der Waals surface area contributed by atoms with Crippen LogP contribution in [0.5, 0.6) is 0 Å². The van der Waals surface area contributed by atoms with Gasteiger partial charge in [-0.2, -0.15) is 0 Å². The lowest BCUT2D eigenvalue weighted by Gasteiger charge is -2.25. The fourth-order valence-electron chi connectivity index (χ4n) is 1.86. The first-order valence-electron chi connectivity index (χ1n) is 6.98. The van der Waals surface area contributed by atoms with Gasteiger partial charge < -0.3 is 11.1 Å². The molecular formula is C14H32N2. The van der Waals surface area contributed by atoms with E-state index in [2.05, 4.69) is 33.0 Å². The Morgan fingerprint density at radius 1 is 1.19 bits per heavy atom. The summed E-state index contributed by atoms with van der Waals surface area (Å²) in [7, 11) is 0. The second kappa shape index (κ2) is 9.00. The van der Waals surface area contributed by atoms with Crippen LogP contribution in [0, 0.1) is 5.41 Å². The van der Waals surface area contributed by atoms with Gasteiger partial charge in [0.15, 0.2) is 0 Å². The number of rotatable bonds is 10. The second-order valence-corrected chi connectivity index (χ2v) is 5.76. The Labute approximate surface area is 102 Å². The van der Waals surface area contributed by atoms with Crippen LogP contribution in [0.3, 0.4) is 0 Å². The maximum atomic E-state index is 5.88. The van der Waals surface area contributed by atoms with Crippen molar-refractivity contribution in [3.63, 3.8) is 0 Å². The molecule has 0 aliphatic carbocycles. The largest absolute Gasteiger partial charge is 0.328 e. The third kappa shape index (κ3) is 9.17. The minimum absolute atomic E-state index is 0.371. The van der Waals surface area contributed by atoms with Crippen molar-refractivity contribution < 1.29 is 0 Å². The summed E-state index contributed by atoms with van der Waals surface area (Å²) < 4.78 is 0. The molecule has 0 saturated carbocycles. The van der Waals surface area contributed by atoms with Crippen molar-refractivity contribution in [2.24, 2.45) is 11.1 Å². The quantitative estimate of drug-likeness (QED) is 0.563. The van der Waals surface area contributed by atoms with Crippen LogP contribution in [0.4, 0.5) is 0 Å². The van der Waals surface area contributed by atoms with Crippen LogP contribution < -0.4 is 11.1 Å². The van der Waals surface area contributed by atoms with Crippen molar-refractivity contribution in [3.8, 4) is 0 Å². The number of hydrogen-bond donors (Lipinski definition) is 2. The van der Waals surface area contributed by atoms with Crippen LogP contribution in [0.25, 0.3) is 0 Å². The fraction of sp³-hybridized carbons (Fsp3) is 1.00. The zero-order chi connectivity index (χ0) is 12.4. The van der Waals surface area contributed by atoms with Crippen molar-refractivity contribution in [3.05, 3.63) is 0 Å². The first kappa shape index (κ1) is 15.9. The van der Waals surface area contributed by atoms with Gasteiger partial charge in [0.05, 0.1) is 0 Å². The van der Waals surface area contributed by atoms with E-state index in [1.165, 1.54) is 25.7 Å². The topological polar surface area (TPSA) is 38.0 Å². The van der Waals surface area contributed by atoms with E-state index >= 15 is 0 Å². The molecule has 0 radical (unpaired) electrons. The molecule has 0 fully saturated rings. The van der Waals surface area contributed by atoms with E-state index in [9.17, 15) is 0 Å². The number of hydrogen-bond acceptors (Lipinski definition) is 2. The van der Waals surface area contributed by atoms with E-state index in [-0.39, 0.29) is 0 Å². The summed E-state index contributed by atoms with van der Waals surface area (Å²) in [6.07, 6.45) is 7.55. The molecule has 1 unspecified atom stereocenters. The molecule has 1 atom stereocenters. The van der Waals surface area contributed by atoms with Crippen molar-refractivity contribution in [2.45, 2.75) is 72.3 Å². The average Bonchev–Trinajstić information content (AvgIpc) is 2.24. The van der Waals surface area contributed by atoms with E-state index < -0.39 is 0 Å². The molecule has 0 aliphatic heterocycles. The van der Waals surface area contributed by atoms with Gasteiger partial charge in [0.25, 0.3) is 0 Å². The van der Waals surface area contributed by atoms with E-state index in [0.717, 1.165) is 25.9 Å². The van der Waals surface area contributed by atoms with E-state index in [0.29, 0.717) is 11.5 Å². The molecule has 0 bridgehead atoms. The van der Waals surface area contributed by atoms with E-state index in [1.807, 2.05) is 0 Å². The van der Waals surface area contributed by atoms with E-state index in [4.69, 9.17) is 5.73 Å². The molecule has 0 aromatic heterocycles. The van der Waals surface area contributed by atoms with Crippen LogP contribution in [0.2, 0.25) is 0 Å². The first-order chi connectivity index (χ1) is 7.52. The van der Waals surface area contributed by atoms with Gasteiger partial charge in [0.1, 0.15) is 0 Å². The molecule has 98 valence electrons. The molecule has 0 aromatic carbocycles. The standard InChI is InChI=1S/C14H32N2/c1-5-7-8-10-14(3,4)12-16-11-9-13(15)6-2/h13,16H,5-12,15H2,1-4H3. The number of nitrogens with two attached hydrogens (primary N) is 1. The summed E-state index contributed by atoms with van der Waals surface area (Å²) in [6, 6.07) is 0.371. The lowest BCUT2D eigenvalue weighted by molar-refractivity contribution is 0.300. The molecule has 0 rings (SSSR count). The third-order valence-electron chi connectivity index (χ3n) is 3.28. The van der Waals surface area contributed by atoms with Crippen molar-refractivity contribution in [1.29, 1.82) is 0 Å². The molecule has 0 saturated heterocycles. The average molecular weight is 228 g/mol. The molecule has 0 spiro atoms. The van der Waals surface area contributed by atoms with Gasteiger partial charge in [-0.15, -0.1) is 0 Å². The summed E-state index contributed by atoms with van der Waals surface area (Å²) in [5.41, 5.74) is 6.32. The molecule has 16 heavy (non-hydrogen) atoms. The van der Waals surface area contributed by atoms with Crippen LogP contribution in [0.1, 0.15) is 66.2 Å². The van der Waals surface area contributed by atoms with Crippen molar-refractivity contribution >= 4 is 0 Å². The predicted molar refractivity (Wildman–Crippen MR) is 73.7 cm³/mol. The van der Waals surface area contributed by atoms with Crippen molar-refractivity contribution in [1.82, 2.24) is 5.32 Å². The second-order valence-electron chi connectivity index (χ2n) is 5.76. The smallest absolute Gasteiger partial charge is 0.00482 e. The Kier molecular flexibility index (Phi) is 8.96. The summed E-state index contributed by atoms with van der Waals surface area (Å²) in [4.78, 5) is 0. The molecule has 0 aliphatic rings. The summed E-state index contributed by atoms with van der Waals surface area (Å²) in [5, 5.41) is 3.54. The number of nitrogens with one attached hydrogen (secondary N) is 1. The summed E-state index contributed by atoms with van der Waals surface area (Å²) in [6.45, 7) is 11.3. The van der Waals surface area contributed by atoms with Gasteiger partial charge in [-0.25, -0.2) is 0 Å². The van der Waals surface area contributed by atoms with Crippen LogP contribution in [0.15, 0.2) is 0 Å². The summed E-state index contributed by atoms with van der Waals surface area (Å²) in [5.74, 6) is 0. The van der Waals surface area contributed by atoms with Crippen molar-refractivity contribution in [2.75, 3.05) is 13.1 Å². The minimum Gasteiger partial charge on any atom is -0.328 e. The van der Waals surface area contributed by atoms with Crippen LogP contribution >= 0.6 is 0 Å². The lowest BCUT2D eigenvalue weighted by atomic mass is 9.87. The van der Waals surface area contributed by atoms with Gasteiger partial charge in [-0.1, -0.05) is 47.0 Å². The van der Waals surface area contributed by atoms with Crippen LogP contribution in [-0.4, -0.2) is 19.1 Å². The zero-order valence-corrected chi connectivity index (χ0v) is 11.8. The lowest BCUT2D eigenvalue weighted by Crippen LogP contribution is -2.33. The van der Waals surface area contributed by atoms with Gasteiger partial charge >= 0.3 is 0 Å². The number of unbranched alkanes of at least 4 members (excludes halogenated alkanes) is 2. The monoisotopic (exact) mass is 228 g/mol. The molecule has 2 heteroatoms. The highest BCUT2D eigenvalue weighted by molar-refractivity contribution is 4.72. The van der Waals surface area contributed by atoms with Gasteiger partial charge in [0, 0.05) is 12.6 Å². The van der Waals surface area contributed by atoms with Gasteiger partial charge in [-0.05, 0) is 31.2 Å². The fourth-order valence-corrected chi connectivity index (χ4v) is 1.86. The third-order valence-corrected chi connectivity index (χ3v) is 3.28. The Balaban J connectivity index is 3.49. The maximum Gasteiger partial charge on any atom is 0.00482 e. The Bertz CT molecular complexity index is 155. The predicted octanol–water partition coefficient (Wildman–Crippen LogP) is 3.31. The summed E-state index contributed by atoms with van der Waals surface area (Å²) >= 11 is 0. The zero-order valence-electron chi connectivity index (χ0n) is 11.8.